The van der Waals surface area contributed by atoms with Gasteiger partial charge in [0.1, 0.15) is 0 Å². The molecule has 1 aromatic carbocycles. The SMILES string of the molecule is CCNC(=NCC(OC)C(C)(C)C)Nc1ccc(OC)c(OCC)c1. The van der Waals surface area contributed by atoms with Crippen molar-refractivity contribution in [2.75, 3.05) is 39.2 Å². The molecule has 6 nitrogen and oxygen atoms in total. The quantitative estimate of drug-likeness (QED) is 0.554. The Morgan fingerprint density at radius 1 is 1.16 bits per heavy atom. The van der Waals surface area contributed by atoms with Crippen molar-refractivity contribution in [1.82, 2.24) is 5.32 Å². The zero-order chi connectivity index (χ0) is 18.9. The minimum atomic E-state index is 0.0256. The van der Waals surface area contributed by atoms with Crippen molar-refractivity contribution >= 4 is 11.6 Å². The molecule has 0 saturated carbocycles. The van der Waals surface area contributed by atoms with Crippen LogP contribution in [0.5, 0.6) is 11.5 Å². The van der Waals surface area contributed by atoms with Crippen LogP contribution < -0.4 is 20.1 Å². The Hall–Kier alpha value is -1.95. The number of ether oxygens (including phenoxy) is 3. The summed E-state index contributed by atoms with van der Waals surface area (Å²) < 4.78 is 16.5. The number of nitrogens with one attached hydrogen (secondary N) is 2. The lowest BCUT2D eigenvalue weighted by molar-refractivity contribution is 0.0241. The zero-order valence-corrected chi connectivity index (χ0v) is 16.6. The number of rotatable bonds is 8. The fourth-order valence-corrected chi connectivity index (χ4v) is 2.34. The smallest absolute Gasteiger partial charge is 0.195 e. The summed E-state index contributed by atoms with van der Waals surface area (Å²) in [6.45, 7) is 12.3. The molecule has 0 aliphatic carbocycles. The molecule has 25 heavy (non-hydrogen) atoms. The lowest BCUT2D eigenvalue weighted by Gasteiger charge is -2.28. The average molecular weight is 351 g/mol. The molecule has 2 N–H and O–H groups in total. The van der Waals surface area contributed by atoms with Crippen molar-refractivity contribution in [1.29, 1.82) is 0 Å². The molecule has 1 atom stereocenters. The Kier molecular flexibility index (Phi) is 8.55. The number of hydrogen-bond acceptors (Lipinski definition) is 4. The highest BCUT2D eigenvalue weighted by atomic mass is 16.5. The first-order chi connectivity index (χ1) is 11.8. The van der Waals surface area contributed by atoms with Crippen LogP contribution in [0.25, 0.3) is 0 Å². The standard InChI is InChI=1S/C19H33N3O3/c1-8-20-18(21-13-17(24-7)19(3,4)5)22-14-10-11-15(23-6)16(12-14)25-9-2/h10-12,17H,8-9,13H2,1-7H3,(H2,20,21,22). The van der Waals surface area contributed by atoms with Gasteiger partial charge >= 0.3 is 0 Å². The third-order valence-corrected chi connectivity index (χ3v) is 3.74. The number of aliphatic imine (C=N–C) groups is 1. The number of anilines is 1. The van der Waals surface area contributed by atoms with Crippen LogP contribution in [0.1, 0.15) is 34.6 Å². The predicted molar refractivity (Wildman–Crippen MR) is 104 cm³/mol. The molecule has 0 bridgehead atoms. The van der Waals surface area contributed by atoms with E-state index in [0.29, 0.717) is 30.6 Å². The van der Waals surface area contributed by atoms with Gasteiger partial charge in [0.05, 0.1) is 26.4 Å². The van der Waals surface area contributed by atoms with Crippen LogP contribution in [-0.4, -0.2) is 46.0 Å². The van der Waals surface area contributed by atoms with Crippen molar-refractivity contribution < 1.29 is 14.2 Å². The molecule has 0 aromatic heterocycles. The van der Waals surface area contributed by atoms with Crippen LogP contribution in [-0.2, 0) is 4.74 Å². The van der Waals surface area contributed by atoms with E-state index in [9.17, 15) is 0 Å². The second kappa shape index (κ2) is 10.1. The first kappa shape index (κ1) is 21.1. The van der Waals surface area contributed by atoms with E-state index >= 15 is 0 Å². The summed E-state index contributed by atoms with van der Waals surface area (Å²) >= 11 is 0. The van der Waals surface area contributed by atoms with Gasteiger partial charge in [-0.15, -0.1) is 0 Å². The van der Waals surface area contributed by atoms with Gasteiger partial charge in [0.2, 0.25) is 0 Å². The average Bonchev–Trinajstić information content (AvgIpc) is 2.55. The Morgan fingerprint density at radius 2 is 1.88 bits per heavy atom. The van der Waals surface area contributed by atoms with Crippen LogP contribution >= 0.6 is 0 Å². The molecule has 0 amide bonds. The van der Waals surface area contributed by atoms with Crippen LogP contribution in [0.4, 0.5) is 5.69 Å². The van der Waals surface area contributed by atoms with Crippen LogP contribution in [0, 0.1) is 5.41 Å². The molecule has 0 fully saturated rings. The Morgan fingerprint density at radius 3 is 2.40 bits per heavy atom. The molecule has 1 unspecified atom stereocenters. The zero-order valence-electron chi connectivity index (χ0n) is 16.6. The highest BCUT2D eigenvalue weighted by Gasteiger charge is 2.24. The number of nitrogens with zero attached hydrogens (tertiary/aromatic N) is 1. The van der Waals surface area contributed by atoms with Crippen molar-refractivity contribution in [3.05, 3.63) is 18.2 Å². The Bertz CT molecular complexity index is 553. The van der Waals surface area contributed by atoms with Gasteiger partial charge in [-0.2, -0.15) is 0 Å². The number of guanidine groups is 1. The lowest BCUT2D eigenvalue weighted by Crippen LogP contribution is -2.35. The molecular weight excluding hydrogens is 318 g/mol. The second-order valence-corrected chi connectivity index (χ2v) is 6.73. The van der Waals surface area contributed by atoms with E-state index < -0.39 is 0 Å². The van der Waals surface area contributed by atoms with E-state index in [1.165, 1.54) is 0 Å². The first-order valence-electron chi connectivity index (χ1n) is 8.74. The third-order valence-electron chi connectivity index (χ3n) is 3.74. The summed E-state index contributed by atoms with van der Waals surface area (Å²) in [7, 11) is 3.36. The summed E-state index contributed by atoms with van der Waals surface area (Å²) in [5.74, 6) is 2.12. The summed E-state index contributed by atoms with van der Waals surface area (Å²) in [5.41, 5.74) is 0.909. The summed E-state index contributed by atoms with van der Waals surface area (Å²) in [6.07, 6.45) is 0.0396. The normalized spacial score (nSPS) is 13.3. The van der Waals surface area contributed by atoms with E-state index in [-0.39, 0.29) is 11.5 Å². The highest BCUT2D eigenvalue weighted by Crippen LogP contribution is 2.30. The maximum atomic E-state index is 5.63. The Balaban J connectivity index is 2.93. The van der Waals surface area contributed by atoms with E-state index in [1.807, 2.05) is 32.0 Å². The minimum Gasteiger partial charge on any atom is -0.493 e. The van der Waals surface area contributed by atoms with Gasteiger partial charge in [-0.25, -0.2) is 0 Å². The van der Waals surface area contributed by atoms with Crippen LogP contribution in [0.3, 0.4) is 0 Å². The molecule has 142 valence electrons. The Labute approximate surface area is 152 Å². The maximum Gasteiger partial charge on any atom is 0.195 e. The molecule has 0 aliphatic rings. The van der Waals surface area contributed by atoms with E-state index in [0.717, 1.165) is 12.2 Å². The molecule has 0 spiro atoms. The summed E-state index contributed by atoms with van der Waals surface area (Å²) in [6, 6.07) is 5.72. The predicted octanol–water partition coefficient (Wildman–Crippen LogP) is 3.53. The van der Waals surface area contributed by atoms with Crippen molar-refractivity contribution in [3.63, 3.8) is 0 Å². The van der Waals surface area contributed by atoms with Crippen molar-refractivity contribution in [2.24, 2.45) is 10.4 Å². The summed E-state index contributed by atoms with van der Waals surface area (Å²) in [5, 5.41) is 6.56. The number of methoxy groups -OCH3 is 2. The molecule has 6 heteroatoms. The van der Waals surface area contributed by atoms with Gasteiger partial charge in [-0.3, -0.25) is 4.99 Å². The topological polar surface area (TPSA) is 64.1 Å². The number of hydrogen-bond donors (Lipinski definition) is 2. The van der Waals surface area contributed by atoms with E-state index in [2.05, 4.69) is 36.4 Å². The molecule has 0 heterocycles. The molecule has 1 rings (SSSR count). The monoisotopic (exact) mass is 351 g/mol. The third kappa shape index (κ3) is 6.82. The maximum absolute atomic E-state index is 5.63. The fraction of sp³-hybridized carbons (Fsp3) is 0.632. The molecule has 0 saturated heterocycles. The van der Waals surface area contributed by atoms with Crippen LogP contribution in [0.2, 0.25) is 0 Å². The van der Waals surface area contributed by atoms with E-state index in [1.54, 1.807) is 14.2 Å². The van der Waals surface area contributed by atoms with E-state index in [4.69, 9.17) is 14.2 Å². The molecular formula is C19H33N3O3. The number of benzene rings is 1. The highest BCUT2D eigenvalue weighted by molar-refractivity contribution is 5.93. The van der Waals surface area contributed by atoms with Gasteiger partial charge in [0, 0.05) is 25.4 Å². The van der Waals surface area contributed by atoms with Crippen molar-refractivity contribution in [3.8, 4) is 11.5 Å². The van der Waals surface area contributed by atoms with Crippen molar-refractivity contribution in [2.45, 2.75) is 40.7 Å². The van der Waals surface area contributed by atoms with Gasteiger partial charge in [-0.1, -0.05) is 20.8 Å². The van der Waals surface area contributed by atoms with Gasteiger partial charge < -0.3 is 24.8 Å². The van der Waals surface area contributed by atoms with Gasteiger partial charge in [-0.05, 0) is 31.4 Å². The fourth-order valence-electron chi connectivity index (χ4n) is 2.34. The molecule has 1 aromatic rings. The van der Waals surface area contributed by atoms with Crippen LogP contribution in [0.15, 0.2) is 23.2 Å². The molecule has 0 radical (unpaired) electrons. The van der Waals surface area contributed by atoms with Gasteiger partial charge in [0.25, 0.3) is 0 Å². The first-order valence-corrected chi connectivity index (χ1v) is 8.74. The molecule has 0 aliphatic heterocycles. The largest absolute Gasteiger partial charge is 0.493 e. The summed E-state index contributed by atoms with van der Waals surface area (Å²) in [4.78, 5) is 4.66. The second-order valence-electron chi connectivity index (χ2n) is 6.73. The van der Waals surface area contributed by atoms with Gasteiger partial charge in [0.15, 0.2) is 17.5 Å². The minimum absolute atomic E-state index is 0.0256. The lowest BCUT2D eigenvalue weighted by atomic mass is 9.89.